The van der Waals surface area contributed by atoms with Crippen LogP contribution in [0.3, 0.4) is 0 Å². The van der Waals surface area contributed by atoms with Crippen molar-refractivity contribution in [1.82, 2.24) is 9.78 Å². The van der Waals surface area contributed by atoms with Gasteiger partial charge in [0.1, 0.15) is 11.3 Å². The summed E-state index contributed by atoms with van der Waals surface area (Å²) in [5.41, 5.74) is 1.60. The molecule has 0 saturated carbocycles. The SMILES string of the molecule is CCCOc1ccc(-c2c(C(=O)O)cnn2C)cc1. The lowest BCUT2D eigenvalue weighted by atomic mass is 10.1. The topological polar surface area (TPSA) is 64.3 Å². The number of benzene rings is 1. The number of aryl methyl sites for hydroxylation is 1. The lowest BCUT2D eigenvalue weighted by Gasteiger charge is -2.07. The van der Waals surface area contributed by atoms with Gasteiger partial charge in [-0.3, -0.25) is 4.68 Å². The van der Waals surface area contributed by atoms with E-state index < -0.39 is 5.97 Å². The van der Waals surface area contributed by atoms with Crippen molar-refractivity contribution in [1.29, 1.82) is 0 Å². The number of rotatable bonds is 5. The van der Waals surface area contributed by atoms with Crippen molar-refractivity contribution in [2.24, 2.45) is 7.05 Å². The van der Waals surface area contributed by atoms with E-state index in [9.17, 15) is 4.79 Å². The van der Waals surface area contributed by atoms with Gasteiger partial charge in [0.15, 0.2) is 0 Å². The maximum Gasteiger partial charge on any atom is 0.339 e. The van der Waals surface area contributed by atoms with Gasteiger partial charge in [0, 0.05) is 12.6 Å². The summed E-state index contributed by atoms with van der Waals surface area (Å²) in [4.78, 5) is 11.1. The third kappa shape index (κ3) is 2.76. The minimum atomic E-state index is -0.977. The molecule has 0 unspecified atom stereocenters. The Hall–Kier alpha value is -2.30. The van der Waals surface area contributed by atoms with E-state index in [-0.39, 0.29) is 5.56 Å². The molecular formula is C14H16N2O3. The summed E-state index contributed by atoms with van der Waals surface area (Å²) in [6.45, 7) is 2.72. The standard InChI is InChI=1S/C14H16N2O3/c1-3-8-19-11-6-4-10(5-7-11)13-12(14(17)18)9-15-16(13)2/h4-7,9H,3,8H2,1-2H3,(H,17,18). The minimum Gasteiger partial charge on any atom is -0.494 e. The molecule has 0 bridgehead atoms. The van der Waals surface area contributed by atoms with Crippen LogP contribution in [0.4, 0.5) is 0 Å². The molecule has 1 aromatic carbocycles. The summed E-state index contributed by atoms with van der Waals surface area (Å²) in [5.74, 6) is -0.195. The first kappa shape index (κ1) is 13.1. The average Bonchev–Trinajstić information content (AvgIpc) is 2.79. The van der Waals surface area contributed by atoms with E-state index >= 15 is 0 Å². The predicted molar refractivity (Wildman–Crippen MR) is 71.4 cm³/mol. The number of nitrogens with zero attached hydrogens (tertiary/aromatic N) is 2. The first-order valence-electron chi connectivity index (χ1n) is 6.12. The van der Waals surface area contributed by atoms with Gasteiger partial charge in [0.25, 0.3) is 0 Å². The van der Waals surface area contributed by atoms with Gasteiger partial charge in [-0.1, -0.05) is 6.92 Å². The molecule has 1 N–H and O–H groups in total. The van der Waals surface area contributed by atoms with E-state index in [0.29, 0.717) is 12.3 Å². The van der Waals surface area contributed by atoms with Crippen LogP contribution < -0.4 is 4.74 Å². The zero-order chi connectivity index (χ0) is 13.8. The molecule has 100 valence electrons. The summed E-state index contributed by atoms with van der Waals surface area (Å²) in [6.07, 6.45) is 2.31. The van der Waals surface area contributed by atoms with Crippen LogP contribution in [0.1, 0.15) is 23.7 Å². The molecule has 0 amide bonds. The fourth-order valence-electron chi connectivity index (χ4n) is 1.87. The van der Waals surface area contributed by atoms with Crippen LogP contribution >= 0.6 is 0 Å². The van der Waals surface area contributed by atoms with Gasteiger partial charge in [-0.25, -0.2) is 4.79 Å². The highest BCUT2D eigenvalue weighted by Crippen LogP contribution is 2.25. The van der Waals surface area contributed by atoms with Crippen molar-refractivity contribution in [3.63, 3.8) is 0 Å². The average molecular weight is 260 g/mol. The van der Waals surface area contributed by atoms with Gasteiger partial charge in [-0.05, 0) is 30.7 Å². The third-order valence-corrected chi connectivity index (χ3v) is 2.77. The Kier molecular flexibility index (Phi) is 3.85. The Morgan fingerprint density at radius 3 is 2.63 bits per heavy atom. The van der Waals surface area contributed by atoms with Gasteiger partial charge >= 0.3 is 5.97 Å². The molecular weight excluding hydrogens is 244 g/mol. The summed E-state index contributed by atoms with van der Waals surface area (Å²) >= 11 is 0. The number of carboxylic acids is 1. The maximum absolute atomic E-state index is 11.1. The van der Waals surface area contributed by atoms with Crippen LogP contribution in [0.25, 0.3) is 11.3 Å². The maximum atomic E-state index is 11.1. The minimum absolute atomic E-state index is 0.199. The number of ether oxygens (including phenoxy) is 1. The lowest BCUT2D eigenvalue weighted by Crippen LogP contribution is -2.01. The van der Waals surface area contributed by atoms with Crippen molar-refractivity contribution in [2.45, 2.75) is 13.3 Å². The van der Waals surface area contributed by atoms with Crippen LogP contribution in [-0.4, -0.2) is 27.5 Å². The van der Waals surface area contributed by atoms with Gasteiger partial charge in [0.05, 0.1) is 18.5 Å². The quantitative estimate of drug-likeness (QED) is 0.897. The van der Waals surface area contributed by atoms with E-state index in [2.05, 4.69) is 5.10 Å². The largest absolute Gasteiger partial charge is 0.494 e. The van der Waals surface area contributed by atoms with Crippen LogP contribution in [0.5, 0.6) is 5.75 Å². The smallest absolute Gasteiger partial charge is 0.339 e. The van der Waals surface area contributed by atoms with Gasteiger partial charge in [-0.2, -0.15) is 5.10 Å². The van der Waals surface area contributed by atoms with Crippen LogP contribution in [0, 0.1) is 0 Å². The second-order valence-corrected chi connectivity index (χ2v) is 4.21. The molecule has 0 spiro atoms. The van der Waals surface area contributed by atoms with Crippen molar-refractivity contribution in [3.05, 3.63) is 36.0 Å². The number of aromatic nitrogens is 2. The van der Waals surface area contributed by atoms with Gasteiger partial charge in [0.2, 0.25) is 0 Å². The van der Waals surface area contributed by atoms with E-state index in [1.807, 2.05) is 31.2 Å². The summed E-state index contributed by atoms with van der Waals surface area (Å²) in [7, 11) is 1.73. The van der Waals surface area contributed by atoms with Crippen molar-refractivity contribution in [2.75, 3.05) is 6.61 Å². The Morgan fingerprint density at radius 1 is 1.37 bits per heavy atom. The highest BCUT2D eigenvalue weighted by Gasteiger charge is 2.16. The molecule has 0 saturated heterocycles. The first-order valence-corrected chi connectivity index (χ1v) is 6.12. The number of carboxylic acid groups (broad SMARTS) is 1. The molecule has 1 aromatic heterocycles. The van der Waals surface area contributed by atoms with Gasteiger partial charge in [-0.15, -0.1) is 0 Å². The van der Waals surface area contributed by atoms with E-state index in [4.69, 9.17) is 9.84 Å². The van der Waals surface area contributed by atoms with E-state index in [1.54, 1.807) is 11.7 Å². The molecule has 2 rings (SSSR count). The fourth-order valence-corrected chi connectivity index (χ4v) is 1.87. The molecule has 5 heteroatoms. The summed E-state index contributed by atoms with van der Waals surface area (Å²) < 4.78 is 7.06. The molecule has 1 heterocycles. The van der Waals surface area contributed by atoms with Crippen LogP contribution in [0.15, 0.2) is 30.5 Å². The van der Waals surface area contributed by atoms with E-state index in [0.717, 1.165) is 17.7 Å². The molecule has 0 aliphatic heterocycles. The zero-order valence-corrected chi connectivity index (χ0v) is 11.0. The fraction of sp³-hybridized carbons (Fsp3) is 0.286. The molecule has 0 aliphatic rings. The number of hydrogen-bond donors (Lipinski definition) is 1. The molecule has 0 fully saturated rings. The number of aromatic carboxylic acids is 1. The van der Waals surface area contributed by atoms with Crippen LogP contribution in [-0.2, 0) is 7.05 Å². The Morgan fingerprint density at radius 2 is 2.05 bits per heavy atom. The lowest BCUT2D eigenvalue weighted by molar-refractivity contribution is 0.0697. The molecule has 0 aliphatic carbocycles. The molecule has 19 heavy (non-hydrogen) atoms. The number of carbonyl (C=O) groups is 1. The summed E-state index contributed by atoms with van der Waals surface area (Å²) in [5, 5.41) is 13.1. The zero-order valence-electron chi connectivity index (χ0n) is 11.0. The Bertz CT molecular complexity index is 573. The highest BCUT2D eigenvalue weighted by molar-refractivity contribution is 5.94. The second kappa shape index (κ2) is 5.56. The molecule has 5 nitrogen and oxygen atoms in total. The van der Waals surface area contributed by atoms with Gasteiger partial charge < -0.3 is 9.84 Å². The van der Waals surface area contributed by atoms with Crippen molar-refractivity contribution in [3.8, 4) is 17.0 Å². The van der Waals surface area contributed by atoms with Crippen LogP contribution in [0.2, 0.25) is 0 Å². The highest BCUT2D eigenvalue weighted by atomic mass is 16.5. The monoisotopic (exact) mass is 260 g/mol. The normalized spacial score (nSPS) is 10.4. The predicted octanol–water partition coefficient (Wildman–Crippen LogP) is 2.57. The number of hydrogen-bond acceptors (Lipinski definition) is 3. The Labute approximate surface area is 111 Å². The van der Waals surface area contributed by atoms with Crippen molar-refractivity contribution < 1.29 is 14.6 Å². The Balaban J connectivity index is 2.32. The molecule has 0 atom stereocenters. The summed E-state index contributed by atoms with van der Waals surface area (Å²) in [6, 6.07) is 7.36. The molecule has 0 radical (unpaired) electrons. The van der Waals surface area contributed by atoms with E-state index in [1.165, 1.54) is 6.20 Å². The third-order valence-electron chi connectivity index (χ3n) is 2.77. The first-order chi connectivity index (χ1) is 9.13. The second-order valence-electron chi connectivity index (χ2n) is 4.21. The molecule has 2 aromatic rings. The van der Waals surface area contributed by atoms with Crippen molar-refractivity contribution >= 4 is 5.97 Å².